The lowest BCUT2D eigenvalue weighted by Gasteiger charge is -1.94. The molecule has 1 aromatic rings. The van der Waals surface area contributed by atoms with E-state index in [4.69, 9.17) is 5.11 Å². The molecule has 1 aromatic carbocycles. The minimum atomic E-state index is -0.925. The summed E-state index contributed by atoms with van der Waals surface area (Å²) in [7, 11) is 0. The molecular weight excluding hydrogens is 350 g/mol. The fourth-order valence-corrected chi connectivity index (χ4v) is 3.12. The summed E-state index contributed by atoms with van der Waals surface area (Å²) >= 11 is 5.36. The number of rotatable bonds is 3. The molecule has 0 radical (unpaired) electrons. The Morgan fingerprint density at radius 1 is 1.42 bits per heavy atom. The molecule has 0 atom stereocenters. The van der Waals surface area contributed by atoms with E-state index in [1.807, 2.05) is 24.3 Å². The molecule has 0 amide bonds. The van der Waals surface area contributed by atoms with Crippen LogP contribution in [0.3, 0.4) is 0 Å². The Hall–Kier alpha value is -1.05. The summed E-state index contributed by atoms with van der Waals surface area (Å²) in [4.78, 5) is 26.3. The molecule has 1 aliphatic heterocycles. The van der Waals surface area contributed by atoms with Crippen molar-refractivity contribution >= 4 is 61.0 Å². The summed E-state index contributed by atoms with van der Waals surface area (Å²) in [6, 6.07) is 7.49. The Morgan fingerprint density at radius 2 is 2.11 bits per heavy atom. The van der Waals surface area contributed by atoms with Crippen molar-refractivity contribution < 1.29 is 14.7 Å². The number of aliphatic imine (C=N–C) groups is 1. The van der Waals surface area contributed by atoms with Crippen LogP contribution < -0.4 is 0 Å². The molecule has 0 fully saturated rings. The molecule has 0 aromatic heterocycles. The standard InChI is InChI=1S/C12H8BrNO3S2/c13-8-3-1-7(2-4-8)5-9-11(17)19-12(14-9)18-6-10(15)16/h1-5H,6H2,(H,15,16). The van der Waals surface area contributed by atoms with Gasteiger partial charge in [0.25, 0.3) is 0 Å². The van der Waals surface area contributed by atoms with Gasteiger partial charge in [0, 0.05) is 4.47 Å². The third kappa shape index (κ3) is 4.22. The van der Waals surface area contributed by atoms with E-state index in [-0.39, 0.29) is 10.9 Å². The van der Waals surface area contributed by atoms with Gasteiger partial charge in [-0.05, 0) is 35.5 Å². The zero-order valence-electron chi connectivity index (χ0n) is 9.50. The summed E-state index contributed by atoms with van der Waals surface area (Å²) in [6.07, 6.45) is 1.69. The first-order valence-corrected chi connectivity index (χ1v) is 7.77. The summed E-state index contributed by atoms with van der Waals surface area (Å²) in [6.45, 7) is 0. The lowest BCUT2D eigenvalue weighted by molar-refractivity contribution is -0.133. The first kappa shape index (κ1) is 14.4. The number of aliphatic carboxylic acids is 1. The molecule has 19 heavy (non-hydrogen) atoms. The third-order valence-corrected chi connectivity index (χ3v) is 4.62. The predicted octanol–water partition coefficient (Wildman–Crippen LogP) is 3.24. The molecule has 98 valence electrons. The fraction of sp³-hybridized carbons (Fsp3) is 0.0833. The second kappa shape index (κ2) is 6.40. The zero-order chi connectivity index (χ0) is 13.8. The second-order valence-corrected chi connectivity index (χ2v) is 6.63. The van der Waals surface area contributed by atoms with E-state index in [2.05, 4.69) is 20.9 Å². The molecular formula is C12H8BrNO3S2. The van der Waals surface area contributed by atoms with Crippen LogP contribution in [0.2, 0.25) is 0 Å². The smallest absolute Gasteiger partial charge is 0.313 e. The van der Waals surface area contributed by atoms with Crippen LogP contribution in [0.25, 0.3) is 6.08 Å². The average molecular weight is 358 g/mol. The normalized spacial score (nSPS) is 16.8. The van der Waals surface area contributed by atoms with Crippen LogP contribution in [0.5, 0.6) is 0 Å². The number of nitrogens with zero attached hydrogens (tertiary/aromatic N) is 1. The number of carboxylic acids is 1. The van der Waals surface area contributed by atoms with Gasteiger partial charge in [-0.3, -0.25) is 9.59 Å². The highest BCUT2D eigenvalue weighted by Gasteiger charge is 2.22. The quantitative estimate of drug-likeness (QED) is 0.841. The number of carbonyl (C=O) groups excluding carboxylic acids is 1. The van der Waals surface area contributed by atoms with Crippen molar-refractivity contribution in [1.29, 1.82) is 0 Å². The van der Waals surface area contributed by atoms with E-state index >= 15 is 0 Å². The van der Waals surface area contributed by atoms with E-state index in [1.165, 1.54) is 0 Å². The molecule has 2 rings (SSSR count). The first-order valence-electron chi connectivity index (χ1n) is 5.17. The Bertz CT molecular complexity index is 581. The van der Waals surface area contributed by atoms with Crippen molar-refractivity contribution in [2.45, 2.75) is 0 Å². The van der Waals surface area contributed by atoms with E-state index < -0.39 is 5.97 Å². The third-order valence-electron chi connectivity index (χ3n) is 2.09. The number of halogens is 1. The molecule has 1 aliphatic rings. The van der Waals surface area contributed by atoms with Crippen LogP contribution in [0.1, 0.15) is 5.56 Å². The summed E-state index contributed by atoms with van der Waals surface area (Å²) < 4.78 is 1.44. The van der Waals surface area contributed by atoms with Gasteiger partial charge >= 0.3 is 5.97 Å². The molecule has 0 bridgehead atoms. The molecule has 1 N–H and O–H groups in total. The lowest BCUT2D eigenvalue weighted by atomic mass is 10.2. The number of benzene rings is 1. The lowest BCUT2D eigenvalue weighted by Crippen LogP contribution is -1.99. The van der Waals surface area contributed by atoms with Crippen molar-refractivity contribution in [2.24, 2.45) is 4.99 Å². The molecule has 1 heterocycles. The zero-order valence-corrected chi connectivity index (χ0v) is 12.7. The van der Waals surface area contributed by atoms with Crippen LogP contribution >= 0.6 is 39.5 Å². The van der Waals surface area contributed by atoms with Gasteiger partial charge in [0.05, 0.1) is 5.75 Å². The first-order chi connectivity index (χ1) is 9.04. The molecule has 0 unspecified atom stereocenters. The van der Waals surface area contributed by atoms with Gasteiger partial charge < -0.3 is 5.11 Å². The van der Waals surface area contributed by atoms with Crippen LogP contribution in [0.4, 0.5) is 0 Å². The van der Waals surface area contributed by atoms with Crippen LogP contribution in [0, 0.1) is 0 Å². The topological polar surface area (TPSA) is 66.7 Å². The van der Waals surface area contributed by atoms with Crippen LogP contribution in [-0.2, 0) is 9.59 Å². The summed E-state index contributed by atoms with van der Waals surface area (Å²) in [5.41, 5.74) is 1.22. The van der Waals surface area contributed by atoms with Crippen molar-refractivity contribution in [1.82, 2.24) is 0 Å². The highest BCUT2D eigenvalue weighted by Crippen LogP contribution is 2.31. The van der Waals surface area contributed by atoms with Crippen LogP contribution in [-0.4, -0.2) is 26.3 Å². The number of hydrogen-bond donors (Lipinski definition) is 1. The number of hydrogen-bond acceptors (Lipinski definition) is 5. The predicted molar refractivity (Wildman–Crippen MR) is 82.2 cm³/mol. The van der Waals surface area contributed by atoms with Crippen molar-refractivity contribution in [2.75, 3.05) is 5.75 Å². The molecule has 0 spiro atoms. The number of carboxylic acid groups (broad SMARTS) is 1. The summed E-state index contributed by atoms with van der Waals surface area (Å²) in [5.74, 6) is -1.02. The molecule has 4 nitrogen and oxygen atoms in total. The average Bonchev–Trinajstić information content (AvgIpc) is 2.71. The number of thioether (sulfide) groups is 2. The van der Waals surface area contributed by atoms with E-state index in [0.717, 1.165) is 33.6 Å². The van der Waals surface area contributed by atoms with Gasteiger partial charge in [-0.15, -0.1) is 0 Å². The maximum Gasteiger partial charge on any atom is 0.313 e. The van der Waals surface area contributed by atoms with E-state index in [0.29, 0.717) is 10.1 Å². The minimum absolute atomic E-state index is 0.0926. The van der Waals surface area contributed by atoms with E-state index in [9.17, 15) is 9.59 Å². The molecule has 0 saturated carbocycles. The fourth-order valence-electron chi connectivity index (χ4n) is 1.29. The van der Waals surface area contributed by atoms with Gasteiger partial charge in [0.2, 0.25) is 5.12 Å². The minimum Gasteiger partial charge on any atom is -0.481 e. The van der Waals surface area contributed by atoms with Gasteiger partial charge in [-0.2, -0.15) is 0 Å². The Kier molecular flexibility index (Phi) is 4.84. The largest absolute Gasteiger partial charge is 0.481 e. The Labute approximate surface area is 126 Å². The van der Waals surface area contributed by atoms with Crippen molar-refractivity contribution in [3.05, 3.63) is 40.0 Å². The van der Waals surface area contributed by atoms with Crippen molar-refractivity contribution in [3.8, 4) is 0 Å². The molecule has 0 aliphatic carbocycles. The Balaban J connectivity index is 2.13. The molecule has 0 saturated heterocycles. The van der Waals surface area contributed by atoms with Crippen LogP contribution in [0.15, 0.2) is 39.4 Å². The van der Waals surface area contributed by atoms with Gasteiger partial charge in [0.15, 0.2) is 0 Å². The SMILES string of the molecule is O=C(O)CSC1=NC(=Cc2ccc(Br)cc2)C(=O)S1. The maximum absolute atomic E-state index is 11.7. The maximum atomic E-state index is 11.7. The van der Waals surface area contributed by atoms with Gasteiger partial charge in [0.1, 0.15) is 10.1 Å². The highest BCUT2D eigenvalue weighted by atomic mass is 79.9. The summed E-state index contributed by atoms with van der Waals surface area (Å²) in [5, 5.41) is 8.42. The molecule has 7 heteroatoms. The van der Waals surface area contributed by atoms with E-state index in [1.54, 1.807) is 6.08 Å². The second-order valence-electron chi connectivity index (χ2n) is 3.53. The monoisotopic (exact) mass is 357 g/mol. The number of carbonyl (C=O) groups is 2. The van der Waals surface area contributed by atoms with Gasteiger partial charge in [-0.1, -0.05) is 39.8 Å². The Morgan fingerprint density at radius 3 is 2.74 bits per heavy atom. The van der Waals surface area contributed by atoms with Gasteiger partial charge in [-0.25, -0.2) is 4.99 Å². The highest BCUT2D eigenvalue weighted by molar-refractivity contribution is 9.10. The van der Waals surface area contributed by atoms with Crippen molar-refractivity contribution in [3.63, 3.8) is 0 Å².